The molecule has 0 N–H and O–H groups in total. The maximum Gasteiger partial charge on any atom is 0.387 e. The van der Waals surface area contributed by atoms with Crippen molar-refractivity contribution >= 4 is 11.6 Å². The first-order chi connectivity index (χ1) is 9.60. The van der Waals surface area contributed by atoms with Crippen molar-refractivity contribution in [3.8, 4) is 5.75 Å². The maximum absolute atomic E-state index is 13.7. The van der Waals surface area contributed by atoms with Crippen molar-refractivity contribution in [3.05, 3.63) is 41.2 Å². The van der Waals surface area contributed by atoms with Crippen LogP contribution in [0.25, 0.3) is 0 Å². The average Bonchev–Trinajstić information content (AvgIpc) is 2.42. The molecular weight excluding hydrogens is 289 g/mol. The third-order valence-corrected chi connectivity index (χ3v) is 3.91. The van der Waals surface area contributed by atoms with Gasteiger partial charge in [-0.3, -0.25) is 0 Å². The minimum absolute atomic E-state index is 0.269. The molecule has 0 radical (unpaired) electrons. The third-order valence-electron chi connectivity index (χ3n) is 3.76. The fourth-order valence-electron chi connectivity index (χ4n) is 2.71. The van der Waals surface area contributed by atoms with E-state index in [1.165, 1.54) is 12.1 Å². The number of allylic oxidation sites excluding steroid dienone is 1. The van der Waals surface area contributed by atoms with Crippen molar-refractivity contribution in [3.63, 3.8) is 0 Å². The Kier molecular flexibility index (Phi) is 5.35. The molecule has 1 fully saturated rings. The molecule has 0 spiro atoms. The number of halogens is 4. The highest BCUT2D eigenvalue weighted by molar-refractivity contribution is 6.25. The van der Waals surface area contributed by atoms with E-state index >= 15 is 0 Å². The Labute approximate surface area is 121 Å². The predicted molar refractivity (Wildman–Crippen MR) is 72.7 cm³/mol. The van der Waals surface area contributed by atoms with Crippen LogP contribution in [0, 0.1) is 11.7 Å². The zero-order chi connectivity index (χ0) is 14.5. The van der Waals surface area contributed by atoms with Crippen molar-refractivity contribution in [2.24, 2.45) is 5.92 Å². The van der Waals surface area contributed by atoms with Crippen LogP contribution in [0.1, 0.15) is 37.2 Å². The van der Waals surface area contributed by atoms with Crippen LogP contribution in [0.15, 0.2) is 29.8 Å². The van der Waals surface area contributed by atoms with Crippen LogP contribution in [-0.2, 0) is 0 Å². The summed E-state index contributed by atoms with van der Waals surface area (Å²) in [6, 6.07) is 4.25. The van der Waals surface area contributed by atoms with Gasteiger partial charge in [0, 0.05) is 5.54 Å². The average molecular weight is 305 g/mol. The Hall–Kier alpha value is -1.16. The molecule has 1 aliphatic rings. The quantitative estimate of drug-likeness (QED) is 0.718. The molecule has 1 saturated carbocycles. The fourth-order valence-corrected chi connectivity index (χ4v) is 2.92. The van der Waals surface area contributed by atoms with Crippen LogP contribution in [0.5, 0.6) is 5.75 Å². The van der Waals surface area contributed by atoms with E-state index in [-0.39, 0.29) is 5.92 Å². The second kappa shape index (κ2) is 7.02. The van der Waals surface area contributed by atoms with Gasteiger partial charge in [-0.1, -0.05) is 23.7 Å². The molecule has 0 saturated heterocycles. The van der Waals surface area contributed by atoms with E-state index in [0.717, 1.165) is 31.2 Å². The molecule has 2 rings (SSSR count). The minimum Gasteiger partial charge on any atom is -0.432 e. The summed E-state index contributed by atoms with van der Waals surface area (Å²) in [7, 11) is 0. The van der Waals surface area contributed by atoms with Gasteiger partial charge >= 0.3 is 6.61 Å². The molecule has 0 heterocycles. The number of benzene rings is 1. The molecule has 110 valence electrons. The van der Waals surface area contributed by atoms with Gasteiger partial charge < -0.3 is 4.74 Å². The Balaban J connectivity index is 2.02. The van der Waals surface area contributed by atoms with Crippen LogP contribution in [0.4, 0.5) is 13.2 Å². The summed E-state index contributed by atoms with van der Waals surface area (Å²) < 4.78 is 41.9. The third kappa shape index (κ3) is 3.92. The van der Waals surface area contributed by atoms with E-state index in [9.17, 15) is 13.2 Å². The van der Waals surface area contributed by atoms with Crippen molar-refractivity contribution in [2.45, 2.75) is 38.2 Å². The summed E-state index contributed by atoms with van der Waals surface area (Å²) >= 11 is 5.56. The largest absolute Gasteiger partial charge is 0.432 e. The first-order valence-corrected chi connectivity index (χ1v) is 7.05. The summed E-state index contributed by atoms with van der Waals surface area (Å²) in [5.74, 6) is -0.381. The Morgan fingerprint density at radius 1 is 1.20 bits per heavy atom. The number of hydrogen-bond acceptors (Lipinski definition) is 1. The lowest BCUT2D eigenvalue weighted by molar-refractivity contribution is -0.0522. The number of hydrogen-bond donors (Lipinski definition) is 0. The topological polar surface area (TPSA) is 9.23 Å². The van der Waals surface area contributed by atoms with Gasteiger partial charge in [-0.15, -0.1) is 0 Å². The molecule has 1 nitrogen and oxygen atoms in total. The Bertz CT molecular complexity index is 468. The van der Waals surface area contributed by atoms with Gasteiger partial charge in [0.15, 0.2) is 11.6 Å². The van der Waals surface area contributed by atoms with E-state index in [1.54, 1.807) is 11.6 Å². The Morgan fingerprint density at radius 3 is 2.45 bits per heavy atom. The smallest absolute Gasteiger partial charge is 0.387 e. The molecule has 20 heavy (non-hydrogen) atoms. The monoisotopic (exact) mass is 304 g/mol. The zero-order valence-corrected chi connectivity index (χ0v) is 11.6. The highest BCUT2D eigenvalue weighted by Gasteiger charge is 2.22. The molecule has 1 aliphatic carbocycles. The van der Waals surface area contributed by atoms with E-state index < -0.39 is 18.2 Å². The summed E-state index contributed by atoms with van der Waals surface area (Å²) in [6.07, 6.45) is 5.88. The van der Waals surface area contributed by atoms with Crippen molar-refractivity contribution in [2.75, 3.05) is 0 Å². The molecule has 0 bridgehead atoms. The molecule has 0 amide bonds. The van der Waals surface area contributed by atoms with Gasteiger partial charge in [0.05, 0.1) is 0 Å². The second-order valence-corrected chi connectivity index (χ2v) is 5.25. The van der Waals surface area contributed by atoms with Gasteiger partial charge in [-0.25, -0.2) is 4.39 Å². The molecule has 1 aromatic rings. The first kappa shape index (κ1) is 15.2. The fraction of sp³-hybridized carbons (Fsp3) is 0.467. The lowest BCUT2D eigenvalue weighted by Crippen LogP contribution is -2.12. The zero-order valence-electron chi connectivity index (χ0n) is 10.9. The van der Waals surface area contributed by atoms with Gasteiger partial charge in [0.2, 0.25) is 0 Å². The minimum atomic E-state index is -3.01. The molecule has 0 atom stereocenters. The molecule has 1 aromatic carbocycles. The van der Waals surface area contributed by atoms with Crippen molar-refractivity contribution in [1.82, 2.24) is 0 Å². The number of ether oxygens (including phenoxy) is 1. The van der Waals surface area contributed by atoms with Gasteiger partial charge in [0.1, 0.15) is 0 Å². The predicted octanol–water partition coefficient (Wildman–Crippen LogP) is 5.45. The lowest BCUT2D eigenvalue weighted by Gasteiger charge is -2.27. The highest BCUT2D eigenvalue weighted by Crippen LogP contribution is 2.37. The first-order valence-electron chi connectivity index (χ1n) is 6.61. The van der Waals surface area contributed by atoms with Crippen LogP contribution in [-0.4, -0.2) is 6.61 Å². The highest BCUT2D eigenvalue weighted by atomic mass is 35.5. The van der Waals surface area contributed by atoms with Gasteiger partial charge in [0.25, 0.3) is 0 Å². The second-order valence-electron chi connectivity index (χ2n) is 5.00. The number of rotatable bonds is 4. The summed E-state index contributed by atoms with van der Waals surface area (Å²) in [6.45, 7) is -3.01. The van der Waals surface area contributed by atoms with E-state index in [0.29, 0.717) is 5.92 Å². The van der Waals surface area contributed by atoms with E-state index in [1.807, 2.05) is 6.08 Å². The summed E-state index contributed by atoms with van der Waals surface area (Å²) in [5, 5.41) is 0. The lowest BCUT2D eigenvalue weighted by atomic mass is 9.79. The molecule has 0 unspecified atom stereocenters. The summed E-state index contributed by atoms with van der Waals surface area (Å²) in [5.41, 5.74) is 2.39. The van der Waals surface area contributed by atoms with Crippen molar-refractivity contribution in [1.29, 1.82) is 0 Å². The van der Waals surface area contributed by atoms with Crippen LogP contribution < -0.4 is 4.74 Å². The SMILES string of the molecule is Fc1cc([C@H]2CC[C@H](/C=C/Cl)CC2)ccc1OC(F)F. The van der Waals surface area contributed by atoms with E-state index in [2.05, 4.69) is 4.74 Å². The van der Waals surface area contributed by atoms with Gasteiger partial charge in [-0.2, -0.15) is 8.78 Å². The summed E-state index contributed by atoms with van der Waals surface area (Å²) in [4.78, 5) is 0. The Morgan fingerprint density at radius 2 is 1.90 bits per heavy atom. The van der Waals surface area contributed by atoms with Crippen molar-refractivity contribution < 1.29 is 17.9 Å². The normalized spacial score (nSPS) is 23.4. The molecule has 0 aliphatic heterocycles. The van der Waals surface area contributed by atoms with E-state index in [4.69, 9.17) is 11.6 Å². The van der Waals surface area contributed by atoms with Crippen LogP contribution in [0.2, 0.25) is 0 Å². The maximum atomic E-state index is 13.7. The van der Waals surface area contributed by atoms with Gasteiger partial charge in [-0.05, 0) is 55.2 Å². The standard InChI is InChI=1S/C15H16ClF3O/c16-8-7-10-1-3-11(4-2-10)12-5-6-14(13(17)9-12)20-15(18)19/h5-11,15H,1-4H2/b8-7+/t10-,11-. The van der Waals surface area contributed by atoms with Crippen LogP contribution in [0.3, 0.4) is 0 Å². The number of alkyl halides is 2. The van der Waals surface area contributed by atoms with Crippen LogP contribution >= 0.6 is 11.6 Å². The molecule has 0 aromatic heterocycles. The molecular formula is C15H16ClF3O. The molecule has 5 heteroatoms.